The Kier molecular flexibility index (Phi) is 15.4. The van der Waals surface area contributed by atoms with Gasteiger partial charge in [0.2, 0.25) is 0 Å². The number of hydrogen-bond acceptors (Lipinski definition) is 3. The summed E-state index contributed by atoms with van der Waals surface area (Å²) in [6.07, 6.45) is 20.2. The molecule has 1 rings (SSSR count). The molecular weight excluding hydrogens is 360 g/mol. The van der Waals surface area contributed by atoms with Gasteiger partial charge in [-0.1, -0.05) is 105 Å². The van der Waals surface area contributed by atoms with Crippen molar-refractivity contribution in [3.8, 4) is 0 Å². The summed E-state index contributed by atoms with van der Waals surface area (Å²) in [6.45, 7) is 9.51. The van der Waals surface area contributed by atoms with Crippen LogP contribution < -0.4 is 0 Å². The Labute approximate surface area is 181 Å². The Bertz CT molecular complexity index is 393. The lowest BCUT2D eigenvalue weighted by Crippen LogP contribution is -2.34. The second kappa shape index (κ2) is 17.0. The molecule has 1 saturated carbocycles. The largest absolute Gasteiger partial charge is 0.508 e. The number of rotatable bonds is 16. The highest BCUT2D eigenvalue weighted by Crippen LogP contribution is 2.35. The van der Waals surface area contributed by atoms with Gasteiger partial charge in [-0.2, -0.15) is 0 Å². The van der Waals surface area contributed by atoms with Gasteiger partial charge in [0.05, 0.1) is 6.61 Å². The molecule has 3 unspecified atom stereocenters. The summed E-state index contributed by atoms with van der Waals surface area (Å²) in [5.74, 6) is 1.79. The summed E-state index contributed by atoms with van der Waals surface area (Å²) in [6, 6.07) is 0. The summed E-state index contributed by atoms with van der Waals surface area (Å²) >= 11 is 0. The predicted molar refractivity (Wildman–Crippen MR) is 123 cm³/mol. The molecule has 0 N–H and O–H groups in total. The Hall–Kier alpha value is -0.730. The molecule has 0 radical (unpaired) electrons. The normalized spacial score (nSPS) is 22.0. The fourth-order valence-electron chi connectivity index (χ4n) is 4.51. The SMILES string of the molecule is CCCCCCCCCCCCCCCOC(=O)OC1CC(C(C)C)CCC1C. The summed E-state index contributed by atoms with van der Waals surface area (Å²) in [4.78, 5) is 12.0. The summed E-state index contributed by atoms with van der Waals surface area (Å²) in [5, 5.41) is 0. The number of hydrogen-bond donors (Lipinski definition) is 0. The quantitative estimate of drug-likeness (QED) is 0.188. The van der Waals surface area contributed by atoms with Crippen LogP contribution in [0.1, 0.15) is 130 Å². The maximum Gasteiger partial charge on any atom is 0.508 e. The lowest BCUT2D eigenvalue weighted by Gasteiger charge is -2.35. The van der Waals surface area contributed by atoms with Crippen LogP contribution in [0, 0.1) is 17.8 Å². The highest BCUT2D eigenvalue weighted by molar-refractivity contribution is 5.60. The van der Waals surface area contributed by atoms with Crippen molar-refractivity contribution in [1.29, 1.82) is 0 Å². The first-order valence-corrected chi connectivity index (χ1v) is 12.9. The molecule has 172 valence electrons. The molecule has 0 saturated heterocycles. The van der Waals surface area contributed by atoms with Crippen LogP contribution in [0.5, 0.6) is 0 Å². The molecule has 1 aliphatic rings. The highest BCUT2D eigenvalue weighted by Gasteiger charge is 2.32. The molecule has 0 heterocycles. The first-order chi connectivity index (χ1) is 14.0. The number of ether oxygens (including phenoxy) is 2. The fraction of sp³-hybridized carbons (Fsp3) is 0.962. The van der Waals surface area contributed by atoms with Crippen molar-refractivity contribution in [2.24, 2.45) is 17.8 Å². The van der Waals surface area contributed by atoms with Crippen LogP contribution in [-0.2, 0) is 9.47 Å². The number of carbonyl (C=O) groups is 1. The lowest BCUT2D eigenvalue weighted by molar-refractivity contribution is -0.0239. The average molecular weight is 411 g/mol. The van der Waals surface area contributed by atoms with Gasteiger partial charge < -0.3 is 9.47 Å². The van der Waals surface area contributed by atoms with E-state index in [0.717, 1.165) is 25.7 Å². The maximum absolute atomic E-state index is 12.0. The molecule has 0 aliphatic heterocycles. The fourth-order valence-corrected chi connectivity index (χ4v) is 4.51. The molecule has 0 aromatic carbocycles. The van der Waals surface area contributed by atoms with E-state index in [1.54, 1.807) is 0 Å². The number of carbonyl (C=O) groups excluding carboxylic acids is 1. The smallest absolute Gasteiger partial charge is 0.434 e. The zero-order valence-electron chi connectivity index (χ0n) is 20.1. The Morgan fingerprint density at radius 1 is 0.828 bits per heavy atom. The Balaban J connectivity index is 1.91. The molecule has 0 bridgehead atoms. The van der Waals surface area contributed by atoms with Crippen LogP contribution in [0.3, 0.4) is 0 Å². The maximum atomic E-state index is 12.0. The minimum Gasteiger partial charge on any atom is -0.434 e. The molecule has 0 aromatic heterocycles. The molecule has 3 atom stereocenters. The van der Waals surface area contributed by atoms with Crippen molar-refractivity contribution in [3.05, 3.63) is 0 Å². The van der Waals surface area contributed by atoms with Crippen LogP contribution in [0.2, 0.25) is 0 Å². The summed E-state index contributed by atoms with van der Waals surface area (Å²) < 4.78 is 11.0. The lowest BCUT2D eigenvalue weighted by atomic mass is 9.76. The molecule has 0 amide bonds. The molecule has 1 fully saturated rings. The molecule has 29 heavy (non-hydrogen) atoms. The van der Waals surface area contributed by atoms with E-state index in [2.05, 4.69) is 27.7 Å². The Morgan fingerprint density at radius 2 is 1.34 bits per heavy atom. The van der Waals surface area contributed by atoms with Gasteiger partial charge in [-0.05, 0) is 43.4 Å². The van der Waals surface area contributed by atoms with Crippen LogP contribution in [0.4, 0.5) is 4.79 Å². The van der Waals surface area contributed by atoms with Gasteiger partial charge in [-0.15, -0.1) is 0 Å². The van der Waals surface area contributed by atoms with Gasteiger partial charge in [-0.25, -0.2) is 4.79 Å². The minimum atomic E-state index is -0.454. The van der Waals surface area contributed by atoms with Gasteiger partial charge in [0.15, 0.2) is 0 Å². The summed E-state index contributed by atoms with van der Waals surface area (Å²) in [7, 11) is 0. The standard InChI is InChI=1S/C26H50O3/c1-5-6-7-8-9-10-11-12-13-14-15-16-17-20-28-26(27)29-25-21-24(22(2)3)19-18-23(25)4/h22-25H,5-21H2,1-4H3. The van der Waals surface area contributed by atoms with Gasteiger partial charge in [-0.3, -0.25) is 0 Å². The summed E-state index contributed by atoms with van der Waals surface area (Å²) in [5.41, 5.74) is 0. The molecule has 1 aliphatic carbocycles. The molecule has 3 nitrogen and oxygen atoms in total. The van der Waals surface area contributed by atoms with E-state index in [1.165, 1.54) is 77.0 Å². The van der Waals surface area contributed by atoms with E-state index in [-0.39, 0.29) is 6.10 Å². The molecular formula is C26H50O3. The van der Waals surface area contributed by atoms with Crippen LogP contribution in [-0.4, -0.2) is 18.9 Å². The third kappa shape index (κ3) is 13.2. The third-order valence-electron chi connectivity index (χ3n) is 6.82. The van der Waals surface area contributed by atoms with Crippen LogP contribution >= 0.6 is 0 Å². The monoisotopic (exact) mass is 410 g/mol. The minimum absolute atomic E-state index is 0.0373. The van der Waals surface area contributed by atoms with E-state index in [9.17, 15) is 4.79 Å². The van der Waals surface area contributed by atoms with Crippen LogP contribution in [0.25, 0.3) is 0 Å². The van der Waals surface area contributed by atoms with E-state index < -0.39 is 6.16 Å². The zero-order chi connectivity index (χ0) is 21.3. The van der Waals surface area contributed by atoms with Crippen molar-refractivity contribution >= 4 is 6.16 Å². The first kappa shape index (κ1) is 26.3. The van der Waals surface area contributed by atoms with Gasteiger partial charge >= 0.3 is 6.16 Å². The Morgan fingerprint density at radius 3 is 1.86 bits per heavy atom. The van der Waals surface area contributed by atoms with Crippen molar-refractivity contribution in [2.45, 2.75) is 137 Å². The van der Waals surface area contributed by atoms with Crippen molar-refractivity contribution < 1.29 is 14.3 Å². The highest BCUT2D eigenvalue weighted by atomic mass is 16.7. The molecule has 0 aromatic rings. The first-order valence-electron chi connectivity index (χ1n) is 12.9. The van der Waals surface area contributed by atoms with E-state index in [0.29, 0.717) is 24.4 Å². The second-order valence-electron chi connectivity index (χ2n) is 9.79. The van der Waals surface area contributed by atoms with Crippen LogP contribution in [0.15, 0.2) is 0 Å². The topological polar surface area (TPSA) is 35.5 Å². The molecule has 3 heteroatoms. The second-order valence-corrected chi connectivity index (χ2v) is 9.79. The predicted octanol–water partition coefficient (Wildman–Crippen LogP) is 8.69. The zero-order valence-corrected chi connectivity index (χ0v) is 20.1. The van der Waals surface area contributed by atoms with Gasteiger partial charge in [0.1, 0.15) is 6.10 Å². The van der Waals surface area contributed by atoms with Crippen molar-refractivity contribution in [2.75, 3.05) is 6.61 Å². The number of unbranched alkanes of at least 4 members (excludes halogenated alkanes) is 12. The van der Waals surface area contributed by atoms with E-state index >= 15 is 0 Å². The third-order valence-corrected chi connectivity index (χ3v) is 6.82. The van der Waals surface area contributed by atoms with E-state index in [4.69, 9.17) is 9.47 Å². The average Bonchev–Trinajstić information content (AvgIpc) is 2.69. The van der Waals surface area contributed by atoms with Crippen molar-refractivity contribution in [1.82, 2.24) is 0 Å². The van der Waals surface area contributed by atoms with E-state index in [1.807, 2.05) is 0 Å². The van der Waals surface area contributed by atoms with Gasteiger partial charge in [0, 0.05) is 0 Å². The molecule has 0 spiro atoms. The van der Waals surface area contributed by atoms with Gasteiger partial charge in [0.25, 0.3) is 0 Å². The van der Waals surface area contributed by atoms with Crippen molar-refractivity contribution in [3.63, 3.8) is 0 Å².